The Bertz CT molecular complexity index is 238. The first-order valence-electron chi connectivity index (χ1n) is 6.43. The van der Waals surface area contributed by atoms with Crippen LogP contribution in [0.5, 0.6) is 0 Å². The van der Waals surface area contributed by atoms with Crippen LogP contribution in [0.4, 0.5) is 0 Å². The van der Waals surface area contributed by atoms with Gasteiger partial charge in [-0.2, -0.15) is 0 Å². The molecule has 0 aromatic rings. The molecule has 0 radical (unpaired) electrons. The van der Waals surface area contributed by atoms with Crippen molar-refractivity contribution in [2.45, 2.75) is 52.0 Å². The molecule has 1 fully saturated rings. The van der Waals surface area contributed by atoms with Crippen LogP contribution in [-0.2, 0) is 4.79 Å². The summed E-state index contributed by atoms with van der Waals surface area (Å²) < 4.78 is 0. The first kappa shape index (κ1) is 16.7. The average molecular weight is 263 g/mol. The molecule has 1 aliphatic rings. The molecule has 2 N–H and O–H groups in total. The fourth-order valence-electron chi connectivity index (χ4n) is 2.34. The second-order valence-electron chi connectivity index (χ2n) is 5.69. The summed E-state index contributed by atoms with van der Waals surface area (Å²) in [5, 5.41) is 6.27. The van der Waals surface area contributed by atoms with Gasteiger partial charge < -0.3 is 10.6 Å². The first-order chi connectivity index (χ1) is 7.47. The molecular weight excluding hydrogens is 236 g/mol. The minimum absolute atomic E-state index is 0. The van der Waals surface area contributed by atoms with Crippen LogP contribution in [-0.4, -0.2) is 25.0 Å². The Morgan fingerprint density at radius 2 is 1.94 bits per heavy atom. The summed E-state index contributed by atoms with van der Waals surface area (Å²) in [7, 11) is 1.88. The predicted molar refractivity (Wildman–Crippen MR) is 74.5 cm³/mol. The van der Waals surface area contributed by atoms with Crippen molar-refractivity contribution in [1.82, 2.24) is 10.6 Å². The van der Waals surface area contributed by atoms with E-state index in [9.17, 15) is 4.79 Å². The smallest absolute Gasteiger partial charge is 0.224 e. The van der Waals surface area contributed by atoms with E-state index in [1.165, 1.54) is 12.8 Å². The summed E-state index contributed by atoms with van der Waals surface area (Å²) in [4.78, 5) is 11.9. The molecule has 1 unspecified atom stereocenters. The van der Waals surface area contributed by atoms with Crippen LogP contribution in [0.3, 0.4) is 0 Å². The molecule has 0 saturated heterocycles. The van der Waals surface area contributed by atoms with Crippen LogP contribution >= 0.6 is 12.4 Å². The lowest BCUT2D eigenvalue weighted by Crippen LogP contribution is -2.50. The quantitative estimate of drug-likeness (QED) is 0.817. The molecular formula is C13H27ClN2O. The Balaban J connectivity index is 0.00000256. The number of carbonyl (C=O) groups is 1. The Kier molecular flexibility index (Phi) is 7.10. The van der Waals surface area contributed by atoms with E-state index < -0.39 is 0 Å². The highest BCUT2D eigenvalue weighted by Crippen LogP contribution is 2.31. The summed E-state index contributed by atoms with van der Waals surface area (Å²) in [6.07, 6.45) is 4.70. The number of nitrogens with one attached hydrogen (secondary N) is 2. The topological polar surface area (TPSA) is 41.1 Å². The van der Waals surface area contributed by atoms with Crippen LogP contribution in [0.25, 0.3) is 0 Å². The second-order valence-corrected chi connectivity index (χ2v) is 5.69. The van der Waals surface area contributed by atoms with Gasteiger partial charge in [-0.15, -0.1) is 12.4 Å². The summed E-state index contributed by atoms with van der Waals surface area (Å²) >= 11 is 0. The van der Waals surface area contributed by atoms with Crippen molar-refractivity contribution in [1.29, 1.82) is 0 Å². The molecule has 0 bridgehead atoms. The maximum Gasteiger partial charge on any atom is 0.224 e. The highest BCUT2D eigenvalue weighted by molar-refractivity contribution is 5.85. The van der Waals surface area contributed by atoms with Crippen LogP contribution < -0.4 is 10.6 Å². The third-order valence-corrected chi connectivity index (χ3v) is 3.76. The summed E-state index contributed by atoms with van der Waals surface area (Å²) in [6, 6.07) is 0. The van der Waals surface area contributed by atoms with Gasteiger partial charge in [-0.3, -0.25) is 4.79 Å². The molecule has 0 aliphatic heterocycles. The molecule has 1 rings (SSSR count). The standard InChI is InChI=1S/C13H26N2O.ClH/c1-10-5-7-13(3,8-6-10)15-12(16)11(2)9-14-4;/h10-11,14H,5-9H2,1-4H3,(H,15,16);1H. The summed E-state index contributed by atoms with van der Waals surface area (Å²) in [5.74, 6) is 1.06. The second kappa shape index (κ2) is 7.22. The molecule has 3 nitrogen and oxygen atoms in total. The maximum atomic E-state index is 11.9. The molecule has 1 atom stereocenters. The molecule has 0 heterocycles. The SMILES string of the molecule is CNCC(C)C(=O)NC1(C)CCC(C)CC1.Cl. The van der Waals surface area contributed by atoms with Crippen molar-refractivity contribution < 1.29 is 4.79 Å². The van der Waals surface area contributed by atoms with E-state index in [1.807, 2.05) is 14.0 Å². The molecule has 0 aromatic carbocycles. The van der Waals surface area contributed by atoms with Crippen molar-refractivity contribution >= 4 is 18.3 Å². The minimum atomic E-state index is 0. The average Bonchev–Trinajstić information content (AvgIpc) is 2.23. The maximum absolute atomic E-state index is 11.9. The van der Waals surface area contributed by atoms with Gasteiger partial charge in [-0.25, -0.2) is 0 Å². The van der Waals surface area contributed by atoms with Gasteiger partial charge in [0, 0.05) is 18.0 Å². The lowest BCUT2D eigenvalue weighted by Gasteiger charge is -2.37. The highest BCUT2D eigenvalue weighted by atomic mass is 35.5. The molecule has 102 valence electrons. The predicted octanol–water partition coefficient (Wildman–Crippen LogP) is 2.35. The number of rotatable bonds is 4. The fraction of sp³-hybridized carbons (Fsp3) is 0.923. The lowest BCUT2D eigenvalue weighted by molar-refractivity contribution is -0.126. The Morgan fingerprint density at radius 3 is 2.41 bits per heavy atom. The Morgan fingerprint density at radius 1 is 1.41 bits per heavy atom. The van der Waals surface area contributed by atoms with Crippen molar-refractivity contribution in [3.8, 4) is 0 Å². The van der Waals surface area contributed by atoms with Crippen molar-refractivity contribution in [2.24, 2.45) is 11.8 Å². The molecule has 0 spiro atoms. The molecule has 17 heavy (non-hydrogen) atoms. The van der Waals surface area contributed by atoms with Gasteiger partial charge in [-0.1, -0.05) is 13.8 Å². The molecule has 1 amide bonds. The van der Waals surface area contributed by atoms with E-state index in [-0.39, 0.29) is 29.8 Å². The molecule has 4 heteroatoms. The number of hydrogen-bond donors (Lipinski definition) is 2. The van der Waals surface area contributed by atoms with Gasteiger partial charge in [-0.05, 0) is 45.6 Å². The lowest BCUT2D eigenvalue weighted by atomic mass is 9.78. The third-order valence-electron chi connectivity index (χ3n) is 3.76. The Labute approximate surface area is 112 Å². The van der Waals surface area contributed by atoms with Crippen LogP contribution in [0.1, 0.15) is 46.5 Å². The molecule has 1 saturated carbocycles. The van der Waals surface area contributed by atoms with Gasteiger partial charge in [0.2, 0.25) is 5.91 Å². The first-order valence-corrected chi connectivity index (χ1v) is 6.43. The van der Waals surface area contributed by atoms with Gasteiger partial charge >= 0.3 is 0 Å². The van der Waals surface area contributed by atoms with Crippen LogP contribution in [0, 0.1) is 11.8 Å². The molecule has 0 aromatic heterocycles. The Hall–Kier alpha value is -0.280. The van der Waals surface area contributed by atoms with Crippen molar-refractivity contribution in [2.75, 3.05) is 13.6 Å². The third kappa shape index (κ3) is 5.26. The van der Waals surface area contributed by atoms with E-state index in [4.69, 9.17) is 0 Å². The summed E-state index contributed by atoms with van der Waals surface area (Å²) in [5.41, 5.74) is 0.0333. The van der Waals surface area contributed by atoms with Crippen LogP contribution in [0.2, 0.25) is 0 Å². The highest BCUT2D eigenvalue weighted by Gasteiger charge is 2.31. The monoisotopic (exact) mass is 262 g/mol. The minimum Gasteiger partial charge on any atom is -0.351 e. The van der Waals surface area contributed by atoms with E-state index in [0.717, 1.165) is 25.3 Å². The number of halogens is 1. The van der Waals surface area contributed by atoms with Gasteiger partial charge in [0.25, 0.3) is 0 Å². The largest absolute Gasteiger partial charge is 0.351 e. The van der Waals surface area contributed by atoms with Gasteiger partial charge in [0.05, 0.1) is 0 Å². The van der Waals surface area contributed by atoms with E-state index in [2.05, 4.69) is 24.5 Å². The number of carbonyl (C=O) groups excluding carboxylic acids is 1. The zero-order valence-corrected chi connectivity index (χ0v) is 12.3. The van der Waals surface area contributed by atoms with Crippen molar-refractivity contribution in [3.05, 3.63) is 0 Å². The van der Waals surface area contributed by atoms with Gasteiger partial charge in [0.15, 0.2) is 0 Å². The van der Waals surface area contributed by atoms with E-state index in [1.54, 1.807) is 0 Å². The number of amides is 1. The van der Waals surface area contributed by atoms with Crippen LogP contribution in [0.15, 0.2) is 0 Å². The zero-order chi connectivity index (χ0) is 12.2. The zero-order valence-electron chi connectivity index (χ0n) is 11.5. The number of hydrogen-bond acceptors (Lipinski definition) is 2. The van der Waals surface area contributed by atoms with E-state index in [0.29, 0.717) is 0 Å². The molecule has 1 aliphatic carbocycles. The fourth-order valence-corrected chi connectivity index (χ4v) is 2.34. The van der Waals surface area contributed by atoms with Gasteiger partial charge in [0.1, 0.15) is 0 Å². The van der Waals surface area contributed by atoms with E-state index >= 15 is 0 Å². The summed E-state index contributed by atoms with van der Waals surface area (Å²) in [6.45, 7) is 7.20. The van der Waals surface area contributed by atoms with Crippen molar-refractivity contribution in [3.63, 3.8) is 0 Å². The normalized spacial score (nSPS) is 30.2.